The molecule has 0 aliphatic carbocycles. The molecule has 0 amide bonds. The lowest BCUT2D eigenvalue weighted by Crippen LogP contribution is -2.44. The molecule has 0 saturated carbocycles. The molecule has 1 spiro atoms. The molecule has 0 aromatic heterocycles. The van der Waals surface area contributed by atoms with Gasteiger partial charge in [0.25, 0.3) is 0 Å². The number of hydroxylamine groups is 1. The second kappa shape index (κ2) is 9.03. The van der Waals surface area contributed by atoms with Gasteiger partial charge in [-0.3, -0.25) is 15.1 Å². The number of carbonyl (C=O) groups excluding carboxylic acids is 1. The van der Waals surface area contributed by atoms with Crippen LogP contribution in [0.4, 0.5) is 0 Å². The molecule has 1 fully saturated rings. The minimum Gasteiger partial charge on any atom is -0.466 e. The van der Waals surface area contributed by atoms with Crippen molar-refractivity contribution in [3.8, 4) is 6.07 Å². The number of nitrogens with one attached hydrogen (secondary N) is 1. The average Bonchev–Trinajstić information content (AvgIpc) is 3.11. The molecular weight excluding hydrogens is 342 g/mol. The number of hydrogen-bond donors (Lipinski definition) is 1. The van der Waals surface area contributed by atoms with Crippen molar-refractivity contribution in [3.05, 3.63) is 41.5 Å². The molecule has 1 saturated heterocycles. The first-order chi connectivity index (χ1) is 13.1. The van der Waals surface area contributed by atoms with Gasteiger partial charge >= 0.3 is 5.97 Å². The van der Waals surface area contributed by atoms with Crippen LogP contribution in [0.3, 0.4) is 0 Å². The number of nitrogens with zero attached hydrogens (tertiary/aromatic N) is 2. The van der Waals surface area contributed by atoms with E-state index in [0.29, 0.717) is 18.6 Å². The third kappa shape index (κ3) is 5.09. The summed E-state index contributed by atoms with van der Waals surface area (Å²) in [5, 5.41) is 8.91. The Kier molecular flexibility index (Phi) is 6.49. The van der Waals surface area contributed by atoms with Gasteiger partial charge in [-0.15, -0.1) is 0 Å². The average molecular weight is 369 g/mol. The first-order valence-electron chi connectivity index (χ1n) is 9.69. The Labute approximate surface area is 160 Å². The van der Waals surface area contributed by atoms with E-state index in [1.54, 1.807) is 0 Å². The Hall–Kier alpha value is -2.36. The van der Waals surface area contributed by atoms with Crippen molar-refractivity contribution in [1.82, 2.24) is 10.4 Å². The highest BCUT2D eigenvalue weighted by Gasteiger charge is 2.38. The Morgan fingerprint density at radius 1 is 1.30 bits per heavy atom. The number of ether oxygens (including phenoxy) is 1. The standard InChI is InChI=1S/C21H27N3O3/c1-2-26-20(25)5-3-4-12-24-13-10-21(11-14-24)15-19(23-27-21)18-8-6-17(16-22)7-9-18/h6-9,15,23H,2-5,10-14H2,1H3. The SMILES string of the molecule is CCOC(=O)CCCCN1CCC2(C=C(c3ccc(C#N)cc3)NO2)CC1. The molecule has 2 heterocycles. The van der Waals surface area contributed by atoms with Crippen molar-refractivity contribution in [2.24, 2.45) is 0 Å². The lowest BCUT2D eigenvalue weighted by atomic mass is 9.90. The number of unbranched alkanes of at least 4 members (excludes halogenated alkanes) is 1. The highest BCUT2D eigenvalue weighted by atomic mass is 16.7. The predicted octanol–water partition coefficient (Wildman–Crippen LogP) is 3.00. The van der Waals surface area contributed by atoms with E-state index in [1.165, 1.54) is 0 Å². The Bertz CT molecular complexity index is 713. The topological polar surface area (TPSA) is 74.6 Å². The van der Waals surface area contributed by atoms with Crippen molar-refractivity contribution in [2.75, 3.05) is 26.2 Å². The third-order valence-electron chi connectivity index (χ3n) is 5.21. The number of nitriles is 1. The zero-order valence-corrected chi connectivity index (χ0v) is 15.9. The van der Waals surface area contributed by atoms with E-state index < -0.39 is 0 Å². The summed E-state index contributed by atoms with van der Waals surface area (Å²) in [6.07, 6.45) is 6.47. The van der Waals surface area contributed by atoms with Gasteiger partial charge in [-0.25, -0.2) is 0 Å². The lowest BCUT2D eigenvalue weighted by molar-refractivity contribution is -0.143. The zero-order chi connectivity index (χ0) is 19.1. The van der Waals surface area contributed by atoms with Gasteiger partial charge in [-0.1, -0.05) is 12.1 Å². The van der Waals surface area contributed by atoms with Gasteiger partial charge in [0.15, 0.2) is 0 Å². The number of likely N-dealkylation sites (tertiary alicyclic amines) is 1. The summed E-state index contributed by atoms with van der Waals surface area (Å²) in [6, 6.07) is 9.67. The molecule has 27 heavy (non-hydrogen) atoms. The van der Waals surface area contributed by atoms with Crippen LogP contribution in [0.2, 0.25) is 0 Å². The molecule has 0 unspecified atom stereocenters. The van der Waals surface area contributed by atoms with Gasteiger partial charge in [0.1, 0.15) is 5.60 Å². The zero-order valence-electron chi connectivity index (χ0n) is 15.9. The number of carbonyl (C=O) groups is 1. The van der Waals surface area contributed by atoms with Crippen LogP contribution in [0.15, 0.2) is 30.3 Å². The van der Waals surface area contributed by atoms with Crippen LogP contribution in [0, 0.1) is 11.3 Å². The summed E-state index contributed by atoms with van der Waals surface area (Å²) >= 11 is 0. The van der Waals surface area contributed by atoms with Gasteiger partial charge in [0.2, 0.25) is 0 Å². The van der Waals surface area contributed by atoms with Crippen molar-refractivity contribution in [3.63, 3.8) is 0 Å². The van der Waals surface area contributed by atoms with Crippen LogP contribution in [-0.2, 0) is 14.4 Å². The first kappa shape index (κ1) is 19.4. The van der Waals surface area contributed by atoms with Crippen LogP contribution in [0.25, 0.3) is 5.70 Å². The molecule has 1 aromatic carbocycles. The summed E-state index contributed by atoms with van der Waals surface area (Å²) in [5.41, 5.74) is 5.49. The maximum absolute atomic E-state index is 11.4. The van der Waals surface area contributed by atoms with Gasteiger partial charge in [0.05, 0.1) is 23.9 Å². The van der Waals surface area contributed by atoms with E-state index in [1.807, 2.05) is 31.2 Å². The van der Waals surface area contributed by atoms with Crippen LogP contribution in [-0.4, -0.2) is 42.7 Å². The smallest absolute Gasteiger partial charge is 0.305 e. The Morgan fingerprint density at radius 3 is 2.70 bits per heavy atom. The Balaban J connectivity index is 1.45. The van der Waals surface area contributed by atoms with E-state index in [0.717, 1.165) is 56.6 Å². The van der Waals surface area contributed by atoms with Crippen LogP contribution in [0.1, 0.15) is 50.2 Å². The van der Waals surface area contributed by atoms with Crippen LogP contribution >= 0.6 is 0 Å². The van der Waals surface area contributed by atoms with Gasteiger partial charge in [0, 0.05) is 19.5 Å². The van der Waals surface area contributed by atoms with Crippen LogP contribution < -0.4 is 5.48 Å². The normalized spacial score (nSPS) is 18.6. The maximum atomic E-state index is 11.4. The first-order valence-corrected chi connectivity index (χ1v) is 9.69. The molecule has 6 heteroatoms. The summed E-state index contributed by atoms with van der Waals surface area (Å²) in [7, 11) is 0. The largest absolute Gasteiger partial charge is 0.466 e. The van der Waals surface area contributed by atoms with E-state index in [-0.39, 0.29) is 11.6 Å². The molecule has 0 radical (unpaired) electrons. The molecule has 2 aliphatic rings. The fourth-order valence-corrected chi connectivity index (χ4v) is 3.58. The van der Waals surface area contributed by atoms with Gasteiger partial charge < -0.3 is 9.64 Å². The molecule has 2 aliphatic heterocycles. The number of benzene rings is 1. The van der Waals surface area contributed by atoms with Gasteiger partial charge in [-0.05, 0) is 62.9 Å². The summed E-state index contributed by atoms with van der Waals surface area (Å²) in [6.45, 7) is 5.27. The van der Waals surface area contributed by atoms with E-state index in [2.05, 4.69) is 22.5 Å². The second-order valence-electron chi connectivity index (χ2n) is 7.12. The second-order valence-corrected chi connectivity index (χ2v) is 7.12. The molecule has 144 valence electrons. The highest BCUT2D eigenvalue weighted by molar-refractivity contribution is 5.69. The Morgan fingerprint density at radius 2 is 2.04 bits per heavy atom. The number of piperidine rings is 1. The van der Waals surface area contributed by atoms with Crippen molar-refractivity contribution in [2.45, 2.75) is 44.6 Å². The fraction of sp³-hybridized carbons (Fsp3) is 0.524. The molecule has 0 atom stereocenters. The van der Waals surface area contributed by atoms with Crippen molar-refractivity contribution >= 4 is 11.7 Å². The quantitative estimate of drug-likeness (QED) is 0.588. The van der Waals surface area contributed by atoms with Crippen molar-refractivity contribution < 1.29 is 14.4 Å². The van der Waals surface area contributed by atoms with E-state index >= 15 is 0 Å². The maximum Gasteiger partial charge on any atom is 0.305 e. The monoisotopic (exact) mass is 369 g/mol. The number of esters is 1. The fourth-order valence-electron chi connectivity index (χ4n) is 3.58. The van der Waals surface area contributed by atoms with E-state index in [4.69, 9.17) is 14.8 Å². The highest BCUT2D eigenvalue weighted by Crippen LogP contribution is 2.34. The van der Waals surface area contributed by atoms with Crippen molar-refractivity contribution in [1.29, 1.82) is 5.26 Å². The summed E-state index contributed by atoms with van der Waals surface area (Å²) in [5.74, 6) is -0.0963. The summed E-state index contributed by atoms with van der Waals surface area (Å²) < 4.78 is 4.96. The minimum absolute atomic E-state index is 0.0963. The minimum atomic E-state index is -0.245. The molecular formula is C21H27N3O3. The van der Waals surface area contributed by atoms with Gasteiger partial charge in [-0.2, -0.15) is 5.26 Å². The predicted molar refractivity (Wildman–Crippen MR) is 102 cm³/mol. The molecule has 6 nitrogen and oxygen atoms in total. The number of hydrogen-bond acceptors (Lipinski definition) is 6. The molecule has 0 bridgehead atoms. The molecule has 1 N–H and O–H groups in total. The number of rotatable bonds is 7. The van der Waals surface area contributed by atoms with Crippen LogP contribution in [0.5, 0.6) is 0 Å². The molecule has 3 rings (SSSR count). The molecule has 1 aromatic rings. The third-order valence-corrected chi connectivity index (χ3v) is 5.21. The van der Waals surface area contributed by atoms with E-state index in [9.17, 15) is 4.79 Å². The summed E-state index contributed by atoms with van der Waals surface area (Å²) in [4.78, 5) is 19.7. The lowest BCUT2D eigenvalue weighted by Gasteiger charge is -2.36.